The molecule has 1 aliphatic rings. The highest BCUT2D eigenvalue weighted by Gasteiger charge is 2.27. The molecule has 142 valence electrons. The second-order valence-electron chi connectivity index (χ2n) is 6.35. The molecule has 2 aromatic rings. The molecule has 1 unspecified atom stereocenters. The Morgan fingerprint density at radius 3 is 2.74 bits per heavy atom. The number of benzene rings is 2. The summed E-state index contributed by atoms with van der Waals surface area (Å²) in [7, 11) is 1.72. The van der Waals surface area contributed by atoms with Gasteiger partial charge < -0.3 is 14.4 Å². The summed E-state index contributed by atoms with van der Waals surface area (Å²) in [5.41, 5.74) is 4.70. The summed E-state index contributed by atoms with van der Waals surface area (Å²) in [5.74, 6) is -0.324. The number of anilines is 1. The Kier molecular flexibility index (Phi) is 6.63. The van der Waals surface area contributed by atoms with Gasteiger partial charge in [-0.05, 0) is 41.8 Å². The molecular formula is C22H26N2O3. The zero-order valence-corrected chi connectivity index (χ0v) is 15.9. The summed E-state index contributed by atoms with van der Waals surface area (Å²) < 4.78 is 10.2. The lowest BCUT2D eigenvalue weighted by Crippen LogP contribution is -2.37. The van der Waals surface area contributed by atoms with Crippen molar-refractivity contribution in [2.24, 2.45) is 0 Å². The molecule has 0 radical (unpaired) electrons. The minimum absolute atomic E-state index is 0.122. The molecule has 5 nitrogen and oxygen atoms in total. The molecule has 1 aliphatic heterocycles. The van der Waals surface area contributed by atoms with E-state index in [0.717, 1.165) is 24.3 Å². The van der Waals surface area contributed by atoms with Crippen molar-refractivity contribution in [3.8, 4) is 0 Å². The van der Waals surface area contributed by atoms with E-state index in [1.165, 1.54) is 17.2 Å². The van der Waals surface area contributed by atoms with Gasteiger partial charge in [-0.15, -0.1) is 0 Å². The predicted molar refractivity (Wildman–Crippen MR) is 107 cm³/mol. The summed E-state index contributed by atoms with van der Waals surface area (Å²) in [4.78, 5) is 13.8. The molecule has 0 saturated heterocycles. The van der Waals surface area contributed by atoms with Crippen LogP contribution in [-0.4, -0.2) is 32.8 Å². The quantitative estimate of drug-likeness (QED) is 0.572. The number of carbonyl (C=O) groups excluding carboxylic acids is 1. The van der Waals surface area contributed by atoms with Crippen LogP contribution in [0.3, 0.4) is 0 Å². The van der Waals surface area contributed by atoms with Gasteiger partial charge >= 0.3 is 5.97 Å². The van der Waals surface area contributed by atoms with Gasteiger partial charge in [0.05, 0.1) is 13.2 Å². The second kappa shape index (κ2) is 9.35. The van der Waals surface area contributed by atoms with Gasteiger partial charge in [0.15, 0.2) is 0 Å². The van der Waals surface area contributed by atoms with E-state index in [1.807, 2.05) is 12.1 Å². The third-order valence-corrected chi connectivity index (χ3v) is 4.61. The molecule has 0 saturated carbocycles. The van der Waals surface area contributed by atoms with Gasteiger partial charge in [-0.2, -0.15) is 0 Å². The average Bonchev–Trinajstić information content (AvgIpc) is 3.12. The van der Waals surface area contributed by atoms with Gasteiger partial charge in [0, 0.05) is 32.0 Å². The van der Waals surface area contributed by atoms with Crippen LogP contribution in [0.4, 0.5) is 5.69 Å². The average molecular weight is 366 g/mol. The molecule has 1 atom stereocenters. The lowest BCUT2D eigenvalue weighted by Gasteiger charge is -2.32. The molecule has 3 rings (SSSR count). The van der Waals surface area contributed by atoms with E-state index in [1.54, 1.807) is 20.1 Å². The van der Waals surface area contributed by atoms with E-state index in [0.29, 0.717) is 13.2 Å². The topological polar surface area (TPSA) is 50.8 Å². The van der Waals surface area contributed by atoms with E-state index >= 15 is 0 Å². The Morgan fingerprint density at radius 1 is 1.22 bits per heavy atom. The highest BCUT2D eigenvalue weighted by molar-refractivity contribution is 5.87. The standard InChI is InChI=1S/C22H26N2O3/c1-3-27-21(25)13-10-17-8-11-19(12-9-17)24(14-15-26-2)22-20-7-5-4-6-18(20)16-23-22/h4-13,22-23H,3,14-16H2,1-2H3. The summed E-state index contributed by atoms with van der Waals surface area (Å²) in [6, 6.07) is 16.7. The minimum atomic E-state index is -0.324. The lowest BCUT2D eigenvalue weighted by molar-refractivity contribution is -0.137. The van der Waals surface area contributed by atoms with Gasteiger partial charge in [-0.25, -0.2) is 4.79 Å². The fraction of sp³-hybridized carbons (Fsp3) is 0.318. The molecule has 0 spiro atoms. The molecule has 0 bridgehead atoms. The van der Waals surface area contributed by atoms with Crippen molar-refractivity contribution in [1.29, 1.82) is 0 Å². The maximum absolute atomic E-state index is 11.5. The lowest BCUT2D eigenvalue weighted by atomic mass is 10.1. The van der Waals surface area contributed by atoms with Gasteiger partial charge in [-0.1, -0.05) is 36.4 Å². The molecule has 0 fully saturated rings. The van der Waals surface area contributed by atoms with Crippen LogP contribution >= 0.6 is 0 Å². The van der Waals surface area contributed by atoms with Crippen molar-refractivity contribution in [3.05, 3.63) is 71.3 Å². The number of nitrogens with zero attached hydrogens (tertiary/aromatic N) is 1. The number of hydrogen-bond acceptors (Lipinski definition) is 5. The molecule has 0 aromatic heterocycles. The van der Waals surface area contributed by atoms with E-state index in [2.05, 4.69) is 46.6 Å². The largest absolute Gasteiger partial charge is 0.463 e. The van der Waals surface area contributed by atoms with Crippen molar-refractivity contribution in [2.75, 3.05) is 31.8 Å². The maximum atomic E-state index is 11.5. The molecule has 0 amide bonds. The second-order valence-corrected chi connectivity index (χ2v) is 6.35. The highest BCUT2D eigenvalue weighted by atomic mass is 16.5. The number of fused-ring (bicyclic) bond motifs is 1. The first-order valence-electron chi connectivity index (χ1n) is 9.24. The van der Waals surface area contributed by atoms with Gasteiger partial charge in [0.25, 0.3) is 0 Å². The monoisotopic (exact) mass is 366 g/mol. The highest BCUT2D eigenvalue weighted by Crippen LogP contribution is 2.31. The Morgan fingerprint density at radius 2 is 2.00 bits per heavy atom. The van der Waals surface area contributed by atoms with Crippen LogP contribution in [0.5, 0.6) is 0 Å². The first-order valence-corrected chi connectivity index (χ1v) is 9.24. The van der Waals surface area contributed by atoms with Crippen LogP contribution < -0.4 is 10.2 Å². The number of nitrogens with one attached hydrogen (secondary N) is 1. The van der Waals surface area contributed by atoms with E-state index in [9.17, 15) is 4.79 Å². The van der Waals surface area contributed by atoms with Crippen molar-refractivity contribution < 1.29 is 14.3 Å². The summed E-state index contributed by atoms with van der Waals surface area (Å²) in [5, 5.41) is 3.59. The SMILES string of the molecule is CCOC(=O)C=Cc1ccc(N(CCOC)C2NCc3ccccc32)cc1. The Balaban J connectivity index is 1.79. The fourth-order valence-corrected chi connectivity index (χ4v) is 3.29. The van der Waals surface area contributed by atoms with E-state index in [-0.39, 0.29) is 12.1 Å². The van der Waals surface area contributed by atoms with Crippen molar-refractivity contribution >= 4 is 17.7 Å². The first-order chi connectivity index (χ1) is 13.2. The number of carbonyl (C=O) groups is 1. The third kappa shape index (κ3) is 4.76. The third-order valence-electron chi connectivity index (χ3n) is 4.61. The number of esters is 1. The molecule has 0 aliphatic carbocycles. The van der Waals surface area contributed by atoms with Gasteiger partial charge in [0.2, 0.25) is 0 Å². The van der Waals surface area contributed by atoms with Crippen molar-refractivity contribution in [3.63, 3.8) is 0 Å². The number of hydrogen-bond donors (Lipinski definition) is 1. The smallest absolute Gasteiger partial charge is 0.330 e. The van der Waals surface area contributed by atoms with E-state index in [4.69, 9.17) is 9.47 Å². The first kappa shape index (κ1) is 19.1. The van der Waals surface area contributed by atoms with Crippen LogP contribution in [0.15, 0.2) is 54.6 Å². The predicted octanol–water partition coefficient (Wildman–Crippen LogP) is 3.52. The van der Waals surface area contributed by atoms with Crippen LogP contribution in [0.1, 0.15) is 29.8 Å². The Labute approximate surface area is 160 Å². The molecule has 5 heteroatoms. The summed E-state index contributed by atoms with van der Waals surface area (Å²) in [6.45, 7) is 4.47. The zero-order chi connectivity index (χ0) is 19.1. The van der Waals surface area contributed by atoms with Crippen LogP contribution in [0.25, 0.3) is 6.08 Å². The number of ether oxygens (including phenoxy) is 2. The number of rotatable bonds is 8. The van der Waals surface area contributed by atoms with Crippen molar-refractivity contribution in [1.82, 2.24) is 5.32 Å². The van der Waals surface area contributed by atoms with Crippen LogP contribution in [0.2, 0.25) is 0 Å². The molecular weight excluding hydrogens is 340 g/mol. The molecule has 2 aromatic carbocycles. The Bertz CT molecular complexity index is 786. The maximum Gasteiger partial charge on any atom is 0.330 e. The van der Waals surface area contributed by atoms with E-state index < -0.39 is 0 Å². The summed E-state index contributed by atoms with van der Waals surface area (Å²) in [6.07, 6.45) is 3.35. The zero-order valence-electron chi connectivity index (χ0n) is 15.9. The molecule has 1 N–H and O–H groups in total. The van der Waals surface area contributed by atoms with Crippen LogP contribution in [-0.2, 0) is 20.8 Å². The number of methoxy groups -OCH3 is 1. The van der Waals surface area contributed by atoms with Gasteiger partial charge in [-0.3, -0.25) is 5.32 Å². The minimum Gasteiger partial charge on any atom is -0.463 e. The summed E-state index contributed by atoms with van der Waals surface area (Å²) >= 11 is 0. The van der Waals surface area contributed by atoms with Gasteiger partial charge in [0.1, 0.15) is 6.17 Å². The van der Waals surface area contributed by atoms with Crippen molar-refractivity contribution in [2.45, 2.75) is 19.6 Å². The fourth-order valence-electron chi connectivity index (χ4n) is 3.29. The molecule has 27 heavy (non-hydrogen) atoms. The Hall–Kier alpha value is -2.63. The normalized spacial score (nSPS) is 15.7. The molecule has 1 heterocycles. The van der Waals surface area contributed by atoms with Crippen LogP contribution in [0, 0.1) is 0 Å².